The van der Waals surface area contributed by atoms with Crippen molar-refractivity contribution in [1.82, 2.24) is 4.72 Å². The minimum atomic E-state index is -3.03. The Labute approximate surface area is 91.7 Å². The Morgan fingerprint density at radius 2 is 1.93 bits per heavy atom. The van der Waals surface area contributed by atoms with Gasteiger partial charge < -0.3 is 0 Å². The highest BCUT2D eigenvalue weighted by atomic mass is 32.2. The van der Waals surface area contributed by atoms with Crippen LogP contribution in [0.2, 0.25) is 0 Å². The van der Waals surface area contributed by atoms with Gasteiger partial charge in [0.25, 0.3) is 0 Å². The zero-order valence-corrected chi connectivity index (χ0v) is 10.4. The van der Waals surface area contributed by atoms with Gasteiger partial charge >= 0.3 is 0 Å². The molecule has 1 heterocycles. The largest absolute Gasteiger partial charge is 0.212 e. The number of hydrogen-bond acceptors (Lipinski definition) is 2. The van der Waals surface area contributed by atoms with Crippen molar-refractivity contribution in [3.63, 3.8) is 0 Å². The SMILES string of the molecule is CC1(C)[C@@H]2CC[C@]13CS(=O)(=O)N[C@]3(C)C2. The molecule has 2 bridgehead atoms. The fourth-order valence-corrected chi connectivity index (χ4v) is 7.31. The predicted molar refractivity (Wildman–Crippen MR) is 58.9 cm³/mol. The Balaban J connectivity index is 2.20. The topological polar surface area (TPSA) is 46.2 Å². The molecule has 1 N–H and O–H groups in total. The molecule has 3 atom stereocenters. The molecule has 86 valence electrons. The van der Waals surface area contributed by atoms with Gasteiger partial charge in [0.05, 0.1) is 5.75 Å². The third-order valence-electron chi connectivity index (χ3n) is 5.70. The highest BCUT2D eigenvalue weighted by molar-refractivity contribution is 7.89. The molecule has 0 radical (unpaired) electrons. The van der Waals surface area contributed by atoms with Crippen molar-refractivity contribution in [1.29, 1.82) is 0 Å². The van der Waals surface area contributed by atoms with Crippen molar-refractivity contribution < 1.29 is 8.42 Å². The van der Waals surface area contributed by atoms with E-state index >= 15 is 0 Å². The van der Waals surface area contributed by atoms with Crippen LogP contribution in [0, 0.1) is 16.7 Å². The van der Waals surface area contributed by atoms with Crippen LogP contribution in [-0.2, 0) is 10.0 Å². The van der Waals surface area contributed by atoms with Crippen molar-refractivity contribution in [2.45, 2.75) is 45.6 Å². The van der Waals surface area contributed by atoms with E-state index in [1.54, 1.807) is 0 Å². The molecule has 2 saturated carbocycles. The monoisotopic (exact) mass is 229 g/mol. The van der Waals surface area contributed by atoms with Gasteiger partial charge in [-0.25, -0.2) is 13.1 Å². The van der Waals surface area contributed by atoms with Crippen LogP contribution < -0.4 is 4.72 Å². The lowest BCUT2D eigenvalue weighted by atomic mass is 9.64. The highest BCUT2D eigenvalue weighted by Gasteiger charge is 2.74. The van der Waals surface area contributed by atoms with E-state index < -0.39 is 10.0 Å². The molecule has 1 saturated heterocycles. The van der Waals surface area contributed by atoms with Gasteiger partial charge in [0.1, 0.15) is 0 Å². The van der Waals surface area contributed by atoms with Gasteiger partial charge in [0.15, 0.2) is 0 Å². The predicted octanol–water partition coefficient (Wildman–Crippen LogP) is 1.50. The fourth-order valence-electron chi connectivity index (χ4n) is 4.79. The molecule has 1 spiro atoms. The van der Waals surface area contributed by atoms with Crippen LogP contribution in [0.3, 0.4) is 0 Å². The van der Waals surface area contributed by atoms with Crippen LogP contribution >= 0.6 is 0 Å². The van der Waals surface area contributed by atoms with Gasteiger partial charge in [-0.05, 0) is 37.5 Å². The summed E-state index contributed by atoms with van der Waals surface area (Å²) in [4.78, 5) is 0. The Kier molecular flexibility index (Phi) is 1.53. The van der Waals surface area contributed by atoms with Crippen molar-refractivity contribution in [2.75, 3.05) is 5.75 Å². The molecule has 1 aliphatic heterocycles. The second-order valence-electron chi connectivity index (χ2n) is 6.44. The second kappa shape index (κ2) is 2.28. The number of hydrogen-bond donors (Lipinski definition) is 1. The summed E-state index contributed by atoms with van der Waals surface area (Å²) in [5, 5.41) is 0. The Hall–Kier alpha value is -0.0900. The van der Waals surface area contributed by atoms with Crippen LogP contribution in [0.15, 0.2) is 0 Å². The maximum absolute atomic E-state index is 11.8. The molecule has 3 aliphatic rings. The summed E-state index contributed by atoms with van der Waals surface area (Å²) in [6.45, 7) is 6.63. The summed E-state index contributed by atoms with van der Waals surface area (Å²) < 4.78 is 26.5. The first-order valence-electron chi connectivity index (χ1n) is 5.74. The average Bonchev–Trinajstić information content (AvgIpc) is 2.45. The molecule has 4 heteroatoms. The van der Waals surface area contributed by atoms with Gasteiger partial charge in [-0.2, -0.15) is 0 Å². The second-order valence-corrected chi connectivity index (χ2v) is 8.16. The summed E-state index contributed by atoms with van der Waals surface area (Å²) in [7, 11) is -3.03. The van der Waals surface area contributed by atoms with Crippen LogP contribution in [0.4, 0.5) is 0 Å². The van der Waals surface area contributed by atoms with Crippen LogP contribution in [0.5, 0.6) is 0 Å². The normalized spacial score (nSPS) is 54.5. The van der Waals surface area contributed by atoms with E-state index in [4.69, 9.17) is 0 Å². The van der Waals surface area contributed by atoms with E-state index in [9.17, 15) is 8.42 Å². The summed E-state index contributed by atoms with van der Waals surface area (Å²) in [5.74, 6) is 1.05. The van der Waals surface area contributed by atoms with Gasteiger partial charge in [-0.1, -0.05) is 13.8 Å². The maximum atomic E-state index is 11.8. The Morgan fingerprint density at radius 1 is 1.27 bits per heavy atom. The number of nitrogens with one attached hydrogen (secondary N) is 1. The lowest BCUT2D eigenvalue weighted by molar-refractivity contribution is 0.0995. The molecular weight excluding hydrogens is 210 g/mol. The third-order valence-corrected chi connectivity index (χ3v) is 7.34. The minimum Gasteiger partial charge on any atom is -0.212 e. The first-order valence-corrected chi connectivity index (χ1v) is 7.39. The van der Waals surface area contributed by atoms with E-state index in [1.807, 2.05) is 0 Å². The first-order chi connectivity index (χ1) is 6.73. The lowest BCUT2D eigenvalue weighted by Gasteiger charge is -2.42. The molecular formula is C11H19NO2S. The smallest absolute Gasteiger partial charge is 0.212 e. The zero-order valence-electron chi connectivity index (χ0n) is 9.63. The van der Waals surface area contributed by atoms with Gasteiger partial charge in [-0.15, -0.1) is 0 Å². The van der Waals surface area contributed by atoms with Crippen LogP contribution in [-0.4, -0.2) is 19.7 Å². The standard InChI is InChI=1S/C11H19NO2S/c1-9(2)8-4-5-11(9)7-15(13,14)12-10(11,3)6-8/h8,12H,4-7H2,1-3H3/t8-,10-,11+/m1/s1. The van der Waals surface area contributed by atoms with Gasteiger partial charge in [0, 0.05) is 11.0 Å². The van der Waals surface area contributed by atoms with Crippen LogP contribution in [0.1, 0.15) is 40.0 Å². The third kappa shape index (κ3) is 0.897. The van der Waals surface area contributed by atoms with Gasteiger partial charge in [0.2, 0.25) is 10.0 Å². The molecule has 0 amide bonds. The van der Waals surface area contributed by atoms with E-state index in [-0.39, 0.29) is 16.4 Å². The molecule has 0 aromatic rings. The average molecular weight is 229 g/mol. The van der Waals surface area contributed by atoms with E-state index in [0.29, 0.717) is 11.7 Å². The lowest BCUT2D eigenvalue weighted by Crippen LogP contribution is -2.50. The van der Waals surface area contributed by atoms with Crippen molar-refractivity contribution in [2.24, 2.45) is 16.7 Å². The molecule has 0 aromatic heterocycles. The van der Waals surface area contributed by atoms with E-state index in [0.717, 1.165) is 12.8 Å². The van der Waals surface area contributed by atoms with Crippen LogP contribution in [0.25, 0.3) is 0 Å². The molecule has 0 unspecified atom stereocenters. The number of rotatable bonds is 0. The van der Waals surface area contributed by atoms with E-state index in [1.165, 1.54) is 6.42 Å². The van der Waals surface area contributed by atoms with Crippen molar-refractivity contribution in [3.05, 3.63) is 0 Å². The number of fused-ring (bicyclic) bond motifs is 1. The number of sulfonamides is 1. The molecule has 3 nitrogen and oxygen atoms in total. The zero-order chi connectivity index (χ0) is 11.1. The molecule has 2 aliphatic carbocycles. The summed E-state index contributed by atoms with van der Waals surface area (Å²) >= 11 is 0. The maximum Gasteiger partial charge on any atom is 0.212 e. The quantitative estimate of drug-likeness (QED) is 0.684. The summed E-state index contributed by atoms with van der Waals surface area (Å²) in [5.41, 5.74) is 0.0000694. The van der Waals surface area contributed by atoms with Crippen molar-refractivity contribution >= 4 is 10.0 Å². The summed E-state index contributed by atoms with van der Waals surface area (Å²) in [6, 6.07) is 0. The molecule has 0 aromatic carbocycles. The molecule has 3 fully saturated rings. The first kappa shape index (κ1) is 10.1. The Bertz CT molecular complexity index is 428. The van der Waals surface area contributed by atoms with Crippen molar-refractivity contribution in [3.8, 4) is 0 Å². The molecule has 3 rings (SSSR count). The van der Waals surface area contributed by atoms with Gasteiger partial charge in [-0.3, -0.25) is 0 Å². The van der Waals surface area contributed by atoms with E-state index in [2.05, 4.69) is 25.5 Å². The minimum absolute atomic E-state index is 0.0104. The highest BCUT2D eigenvalue weighted by Crippen LogP contribution is 2.71. The Morgan fingerprint density at radius 3 is 2.47 bits per heavy atom. The fraction of sp³-hybridized carbons (Fsp3) is 1.00. The molecule has 15 heavy (non-hydrogen) atoms. The summed E-state index contributed by atoms with van der Waals surface area (Å²) in [6.07, 6.45) is 3.31.